The molecule has 1 unspecified atom stereocenters. The van der Waals surface area contributed by atoms with Crippen LogP contribution >= 0.6 is 11.6 Å². The molecule has 0 heterocycles. The molecule has 1 fully saturated rings. The molecule has 1 nitrogen and oxygen atoms in total. The summed E-state index contributed by atoms with van der Waals surface area (Å²) in [5.74, 6) is 0.602. The second-order valence-electron chi connectivity index (χ2n) is 6.21. The van der Waals surface area contributed by atoms with E-state index in [1.54, 1.807) is 6.07 Å². The zero-order valence-electron chi connectivity index (χ0n) is 13.0. The number of benzene rings is 1. The summed E-state index contributed by atoms with van der Waals surface area (Å²) in [6, 6.07) is 5.44. The first-order chi connectivity index (χ1) is 10.2. The Kier molecular flexibility index (Phi) is 6.98. The van der Waals surface area contributed by atoms with Crippen molar-refractivity contribution in [2.75, 3.05) is 13.1 Å². The average Bonchev–Trinajstić information content (AvgIpc) is 2.76. The van der Waals surface area contributed by atoms with Gasteiger partial charge in [-0.25, -0.2) is 4.39 Å². The lowest BCUT2D eigenvalue weighted by atomic mass is 9.81. The summed E-state index contributed by atoms with van der Waals surface area (Å²) in [4.78, 5) is 0. The van der Waals surface area contributed by atoms with Gasteiger partial charge in [-0.15, -0.1) is 0 Å². The standard InChI is InChI=1S/C18H27ClFN/c1-2-12-21-13-16(14-8-5-3-4-6-9-14)15-10-7-11-17(19)18(15)20/h7,10-11,14,16,21H,2-6,8-9,12-13H2,1H3. The predicted octanol–water partition coefficient (Wildman–Crippen LogP) is 5.53. The van der Waals surface area contributed by atoms with Crippen molar-refractivity contribution in [2.45, 2.75) is 57.8 Å². The Balaban J connectivity index is 2.19. The number of halogens is 2. The zero-order chi connectivity index (χ0) is 15.1. The van der Waals surface area contributed by atoms with Crippen molar-refractivity contribution in [2.24, 2.45) is 5.92 Å². The first-order valence-electron chi connectivity index (χ1n) is 8.38. The van der Waals surface area contributed by atoms with Gasteiger partial charge < -0.3 is 5.32 Å². The van der Waals surface area contributed by atoms with E-state index >= 15 is 0 Å². The Bertz CT molecular complexity index is 427. The minimum atomic E-state index is -0.216. The molecule has 21 heavy (non-hydrogen) atoms. The lowest BCUT2D eigenvalue weighted by Crippen LogP contribution is -2.28. The third-order valence-electron chi connectivity index (χ3n) is 4.64. The summed E-state index contributed by atoms with van der Waals surface area (Å²) < 4.78 is 14.5. The van der Waals surface area contributed by atoms with E-state index in [9.17, 15) is 4.39 Å². The average molecular weight is 312 g/mol. The molecule has 1 aliphatic rings. The Hall–Kier alpha value is -0.600. The molecule has 0 spiro atoms. The van der Waals surface area contributed by atoms with Crippen LogP contribution in [0.2, 0.25) is 5.02 Å². The van der Waals surface area contributed by atoms with Crippen LogP contribution in [0.25, 0.3) is 0 Å². The monoisotopic (exact) mass is 311 g/mol. The van der Waals surface area contributed by atoms with Crippen LogP contribution in [0.5, 0.6) is 0 Å². The number of rotatable bonds is 6. The van der Waals surface area contributed by atoms with Crippen molar-refractivity contribution in [3.63, 3.8) is 0 Å². The molecule has 2 rings (SSSR count). The molecular weight excluding hydrogens is 285 g/mol. The van der Waals surface area contributed by atoms with Crippen LogP contribution in [-0.2, 0) is 0 Å². The molecule has 0 aromatic heterocycles. The number of nitrogens with one attached hydrogen (secondary N) is 1. The summed E-state index contributed by atoms with van der Waals surface area (Å²) in [5, 5.41) is 3.74. The molecule has 1 aromatic carbocycles. The van der Waals surface area contributed by atoms with Crippen molar-refractivity contribution in [3.05, 3.63) is 34.6 Å². The second kappa shape index (κ2) is 8.75. The summed E-state index contributed by atoms with van der Waals surface area (Å²) in [5.41, 5.74) is 0.804. The van der Waals surface area contributed by atoms with Crippen LogP contribution in [-0.4, -0.2) is 13.1 Å². The minimum absolute atomic E-state index is 0.216. The van der Waals surface area contributed by atoms with Crippen LogP contribution in [0.1, 0.15) is 63.4 Å². The SMILES string of the molecule is CCCNCC(c1cccc(Cl)c1F)C1CCCCCC1. The molecule has 0 radical (unpaired) electrons. The van der Waals surface area contributed by atoms with E-state index in [0.717, 1.165) is 25.1 Å². The third kappa shape index (κ3) is 4.69. The van der Waals surface area contributed by atoms with E-state index in [-0.39, 0.29) is 16.8 Å². The van der Waals surface area contributed by atoms with Crippen molar-refractivity contribution in [1.82, 2.24) is 5.32 Å². The molecular formula is C18H27ClFN. The molecule has 0 saturated heterocycles. The Labute approximate surface area is 133 Å². The van der Waals surface area contributed by atoms with Gasteiger partial charge in [-0.2, -0.15) is 0 Å². The van der Waals surface area contributed by atoms with Crippen LogP contribution in [0.4, 0.5) is 4.39 Å². The summed E-state index contributed by atoms with van der Waals surface area (Å²) in [6.45, 7) is 4.01. The van der Waals surface area contributed by atoms with Gasteiger partial charge in [0.25, 0.3) is 0 Å². The second-order valence-corrected chi connectivity index (χ2v) is 6.61. The van der Waals surface area contributed by atoms with Gasteiger partial charge in [0.05, 0.1) is 5.02 Å². The van der Waals surface area contributed by atoms with E-state index in [1.165, 1.54) is 38.5 Å². The lowest BCUT2D eigenvalue weighted by Gasteiger charge is -2.27. The summed E-state index contributed by atoms with van der Waals surface area (Å²) in [7, 11) is 0. The van der Waals surface area contributed by atoms with Crippen molar-refractivity contribution < 1.29 is 4.39 Å². The van der Waals surface area contributed by atoms with Gasteiger partial charge in [-0.1, -0.05) is 56.3 Å². The molecule has 1 N–H and O–H groups in total. The highest BCUT2D eigenvalue weighted by Crippen LogP contribution is 2.37. The van der Waals surface area contributed by atoms with E-state index < -0.39 is 0 Å². The highest BCUT2D eigenvalue weighted by Gasteiger charge is 2.26. The molecule has 0 aliphatic heterocycles. The summed E-state index contributed by atoms with van der Waals surface area (Å²) in [6.07, 6.45) is 8.73. The van der Waals surface area contributed by atoms with E-state index in [4.69, 9.17) is 11.6 Å². The largest absolute Gasteiger partial charge is 0.316 e. The molecule has 118 valence electrons. The Morgan fingerprint density at radius 3 is 2.62 bits per heavy atom. The van der Waals surface area contributed by atoms with Gasteiger partial charge >= 0.3 is 0 Å². The van der Waals surface area contributed by atoms with Crippen LogP contribution < -0.4 is 5.32 Å². The van der Waals surface area contributed by atoms with E-state index in [1.807, 2.05) is 12.1 Å². The predicted molar refractivity (Wildman–Crippen MR) is 88.5 cm³/mol. The highest BCUT2D eigenvalue weighted by atomic mass is 35.5. The topological polar surface area (TPSA) is 12.0 Å². The molecule has 1 aromatic rings. The molecule has 0 amide bonds. The fraction of sp³-hybridized carbons (Fsp3) is 0.667. The maximum Gasteiger partial charge on any atom is 0.145 e. The van der Waals surface area contributed by atoms with Crippen LogP contribution in [0, 0.1) is 11.7 Å². The van der Waals surface area contributed by atoms with Crippen molar-refractivity contribution >= 4 is 11.6 Å². The first-order valence-corrected chi connectivity index (χ1v) is 8.76. The molecule has 3 heteroatoms. The lowest BCUT2D eigenvalue weighted by molar-refractivity contribution is 0.353. The van der Waals surface area contributed by atoms with Crippen molar-refractivity contribution in [1.29, 1.82) is 0 Å². The number of hydrogen-bond donors (Lipinski definition) is 1. The number of hydrogen-bond acceptors (Lipinski definition) is 1. The zero-order valence-corrected chi connectivity index (χ0v) is 13.8. The smallest absolute Gasteiger partial charge is 0.145 e. The molecule has 1 atom stereocenters. The Morgan fingerprint density at radius 1 is 1.24 bits per heavy atom. The van der Waals surface area contributed by atoms with Crippen LogP contribution in [0.3, 0.4) is 0 Å². The summed E-state index contributed by atoms with van der Waals surface area (Å²) >= 11 is 5.99. The first kappa shape index (κ1) is 16.8. The van der Waals surface area contributed by atoms with Crippen LogP contribution in [0.15, 0.2) is 18.2 Å². The molecule has 1 saturated carbocycles. The maximum absolute atomic E-state index is 14.5. The molecule has 1 aliphatic carbocycles. The van der Waals surface area contributed by atoms with E-state index in [2.05, 4.69) is 12.2 Å². The normalized spacial score (nSPS) is 18.4. The fourth-order valence-corrected chi connectivity index (χ4v) is 3.67. The Morgan fingerprint density at radius 2 is 1.95 bits per heavy atom. The van der Waals surface area contributed by atoms with Gasteiger partial charge in [-0.3, -0.25) is 0 Å². The van der Waals surface area contributed by atoms with Gasteiger partial charge in [0, 0.05) is 12.5 Å². The highest BCUT2D eigenvalue weighted by molar-refractivity contribution is 6.30. The maximum atomic E-state index is 14.5. The van der Waals surface area contributed by atoms with Gasteiger partial charge in [-0.05, 0) is 43.4 Å². The van der Waals surface area contributed by atoms with Gasteiger partial charge in [0.1, 0.15) is 5.82 Å². The minimum Gasteiger partial charge on any atom is -0.316 e. The van der Waals surface area contributed by atoms with Crippen molar-refractivity contribution in [3.8, 4) is 0 Å². The van der Waals surface area contributed by atoms with Gasteiger partial charge in [0.2, 0.25) is 0 Å². The van der Waals surface area contributed by atoms with E-state index in [0.29, 0.717) is 5.92 Å². The third-order valence-corrected chi connectivity index (χ3v) is 4.93. The molecule has 0 bridgehead atoms. The quantitative estimate of drug-likeness (QED) is 0.538. The van der Waals surface area contributed by atoms with Gasteiger partial charge in [0.15, 0.2) is 0 Å². The fourth-order valence-electron chi connectivity index (χ4n) is 3.49.